The van der Waals surface area contributed by atoms with Gasteiger partial charge < -0.3 is 15.5 Å². The zero-order valence-electron chi connectivity index (χ0n) is 29.6. The van der Waals surface area contributed by atoms with Gasteiger partial charge in [0.15, 0.2) is 0 Å². The molecule has 0 spiro atoms. The fraction of sp³-hybridized carbons (Fsp3) is 0.732. The summed E-state index contributed by atoms with van der Waals surface area (Å²) >= 11 is 0. The zero-order chi connectivity index (χ0) is 32.9. The molecule has 2 unspecified atom stereocenters. The van der Waals surface area contributed by atoms with E-state index >= 15 is 0 Å². The zero-order valence-corrected chi connectivity index (χ0v) is 29.6. The van der Waals surface area contributed by atoms with Gasteiger partial charge in [-0.1, -0.05) is 171 Å². The first-order valence-electron chi connectivity index (χ1n) is 19.0. The van der Waals surface area contributed by atoms with E-state index in [4.69, 9.17) is 0 Å². The molecule has 0 aromatic rings. The summed E-state index contributed by atoms with van der Waals surface area (Å²) in [7, 11) is 0. The summed E-state index contributed by atoms with van der Waals surface area (Å²) in [4.78, 5) is 12.2. The predicted octanol–water partition coefficient (Wildman–Crippen LogP) is 11.4. The average molecular weight is 628 g/mol. The van der Waals surface area contributed by atoms with Gasteiger partial charge in [-0.3, -0.25) is 4.79 Å². The van der Waals surface area contributed by atoms with E-state index in [0.717, 1.165) is 70.6 Å². The van der Waals surface area contributed by atoms with Crippen LogP contribution in [-0.4, -0.2) is 34.9 Å². The van der Waals surface area contributed by atoms with Gasteiger partial charge in [-0.15, -0.1) is 0 Å². The minimum absolute atomic E-state index is 0.0455. The summed E-state index contributed by atoms with van der Waals surface area (Å²) in [5.74, 6) is -0.0455. The third-order valence-electron chi connectivity index (χ3n) is 8.29. The fourth-order valence-corrected chi connectivity index (χ4v) is 5.38. The summed E-state index contributed by atoms with van der Waals surface area (Å²) in [6, 6.07) is -0.534. The van der Waals surface area contributed by atoms with Gasteiger partial charge in [0.25, 0.3) is 0 Å². The Hall–Kier alpha value is -1.91. The Morgan fingerprint density at radius 1 is 0.556 bits per heavy atom. The standard InChI is InChI=1S/C41H73NO3/c1-3-5-7-9-10-11-12-13-14-15-16-17-18-19-20-21-22-23-24-25-26-27-28-29-30-31-32-33-35-37-41(45)42-39(38-43)40(44)36-34-8-6-4-2/h5,7,10-11,13-14,16-17,19-20,39-40,43-44H,3-4,6,8-9,12,15,18,21-38H2,1-2H3,(H,42,45)/b7-5-,11-10-,14-13-,17-16-,20-19-. The highest BCUT2D eigenvalue weighted by molar-refractivity contribution is 5.76. The third kappa shape index (κ3) is 33.3. The van der Waals surface area contributed by atoms with Gasteiger partial charge in [-0.2, -0.15) is 0 Å². The van der Waals surface area contributed by atoms with Crippen LogP contribution in [0.2, 0.25) is 0 Å². The van der Waals surface area contributed by atoms with Gasteiger partial charge in [-0.25, -0.2) is 0 Å². The molecule has 4 nitrogen and oxygen atoms in total. The number of allylic oxidation sites excluding steroid dienone is 10. The van der Waals surface area contributed by atoms with E-state index in [9.17, 15) is 15.0 Å². The molecule has 0 aromatic heterocycles. The Bertz CT molecular complexity index is 767. The number of nitrogens with one attached hydrogen (secondary N) is 1. The SMILES string of the molecule is CC/C=C\C/C=C\C/C=C\C/C=C\C/C=C\CCCCCCCCCCCCCCCC(=O)NC(CO)C(O)CCCCCC. The molecule has 0 rings (SSSR count). The molecular formula is C41H73NO3. The van der Waals surface area contributed by atoms with Crippen molar-refractivity contribution in [3.05, 3.63) is 60.8 Å². The smallest absolute Gasteiger partial charge is 0.220 e. The lowest BCUT2D eigenvalue weighted by molar-refractivity contribution is -0.123. The third-order valence-corrected chi connectivity index (χ3v) is 8.29. The molecule has 0 radical (unpaired) electrons. The maximum Gasteiger partial charge on any atom is 0.220 e. The molecule has 0 aliphatic rings. The maximum atomic E-state index is 12.2. The monoisotopic (exact) mass is 628 g/mol. The topological polar surface area (TPSA) is 69.6 Å². The molecule has 0 bridgehead atoms. The molecule has 0 fully saturated rings. The minimum atomic E-state index is -0.656. The molecule has 0 heterocycles. The number of carbonyl (C=O) groups excluding carboxylic acids is 1. The van der Waals surface area contributed by atoms with Crippen molar-refractivity contribution in [2.75, 3.05) is 6.61 Å². The van der Waals surface area contributed by atoms with E-state index in [1.165, 1.54) is 77.0 Å². The molecule has 45 heavy (non-hydrogen) atoms. The van der Waals surface area contributed by atoms with Crippen LogP contribution in [0.5, 0.6) is 0 Å². The first kappa shape index (κ1) is 43.1. The van der Waals surface area contributed by atoms with E-state index in [-0.39, 0.29) is 12.5 Å². The second kappa shape index (κ2) is 36.6. The minimum Gasteiger partial charge on any atom is -0.394 e. The Morgan fingerprint density at radius 2 is 0.978 bits per heavy atom. The first-order valence-corrected chi connectivity index (χ1v) is 19.0. The number of hydrogen-bond donors (Lipinski definition) is 3. The number of amides is 1. The number of rotatable bonds is 33. The van der Waals surface area contributed by atoms with E-state index in [1.807, 2.05) is 0 Å². The van der Waals surface area contributed by atoms with Crippen molar-refractivity contribution in [3.8, 4) is 0 Å². The van der Waals surface area contributed by atoms with Crippen LogP contribution in [0.15, 0.2) is 60.8 Å². The van der Waals surface area contributed by atoms with Crippen LogP contribution in [0, 0.1) is 0 Å². The number of hydrogen-bond acceptors (Lipinski definition) is 3. The lowest BCUT2D eigenvalue weighted by Gasteiger charge is -2.22. The average Bonchev–Trinajstić information content (AvgIpc) is 3.04. The Balaban J connectivity index is 3.45. The molecular weight excluding hydrogens is 554 g/mol. The lowest BCUT2D eigenvalue weighted by atomic mass is 10.0. The normalized spacial score (nSPS) is 13.8. The van der Waals surface area contributed by atoms with Crippen molar-refractivity contribution in [1.82, 2.24) is 5.32 Å². The van der Waals surface area contributed by atoms with Gasteiger partial charge in [-0.05, 0) is 57.8 Å². The molecule has 0 aliphatic heterocycles. The van der Waals surface area contributed by atoms with Crippen molar-refractivity contribution in [3.63, 3.8) is 0 Å². The van der Waals surface area contributed by atoms with Gasteiger partial charge in [0.05, 0.1) is 18.8 Å². The number of aliphatic hydroxyl groups is 2. The summed E-state index contributed by atoms with van der Waals surface area (Å²) in [5, 5.41) is 22.6. The van der Waals surface area contributed by atoms with Crippen molar-refractivity contribution >= 4 is 5.91 Å². The Labute approximate surface area is 279 Å². The molecule has 260 valence electrons. The van der Waals surface area contributed by atoms with E-state index in [0.29, 0.717) is 12.8 Å². The van der Waals surface area contributed by atoms with Crippen LogP contribution in [0.1, 0.15) is 174 Å². The Morgan fingerprint density at radius 3 is 1.44 bits per heavy atom. The summed E-state index contributed by atoms with van der Waals surface area (Å²) in [5.41, 5.74) is 0. The quantitative estimate of drug-likeness (QED) is 0.0501. The van der Waals surface area contributed by atoms with Crippen LogP contribution in [0.3, 0.4) is 0 Å². The van der Waals surface area contributed by atoms with E-state index in [2.05, 4.69) is 79.9 Å². The van der Waals surface area contributed by atoms with E-state index in [1.54, 1.807) is 0 Å². The molecule has 3 N–H and O–H groups in total. The fourth-order valence-electron chi connectivity index (χ4n) is 5.38. The predicted molar refractivity (Wildman–Crippen MR) is 197 cm³/mol. The number of carbonyl (C=O) groups is 1. The molecule has 4 heteroatoms. The number of unbranched alkanes of at least 4 members (excludes halogenated alkanes) is 16. The number of aliphatic hydroxyl groups excluding tert-OH is 2. The summed E-state index contributed by atoms with van der Waals surface area (Å²) in [6.07, 6.45) is 50.5. The maximum absolute atomic E-state index is 12.2. The highest BCUT2D eigenvalue weighted by atomic mass is 16.3. The second-order valence-corrected chi connectivity index (χ2v) is 12.6. The lowest BCUT2D eigenvalue weighted by Crippen LogP contribution is -2.45. The highest BCUT2D eigenvalue weighted by Gasteiger charge is 2.19. The van der Waals surface area contributed by atoms with Gasteiger partial charge in [0.2, 0.25) is 5.91 Å². The van der Waals surface area contributed by atoms with Crippen LogP contribution in [0.4, 0.5) is 0 Å². The molecule has 0 saturated heterocycles. The van der Waals surface area contributed by atoms with Crippen LogP contribution in [-0.2, 0) is 4.79 Å². The van der Waals surface area contributed by atoms with Crippen molar-refractivity contribution in [2.24, 2.45) is 0 Å². The van der Waals surface area contributed by atoms with Gasteiger partial charge in [0, 0.05) is 6.42 Å². The molecule has 2 atom stereocenters. The van der Waals surface area contributed by atoms with Crippen molar-refractivity contribution in [2.45, 2.75) is 187 Å². The first-order chi connectivity index (χ1) is 22.2. The van der Waals surface area contributed by atoms with Crippen molar-refractivity contribution < 1.29 is 15.0 Å². The van der Waals surface area contributed by atoms with Crippen LogP contribution < -0.4 is 5.32 Å². The van der Waals surface area contributed by atoms with Crippen molar-refractivity contribution in [1.29, 1.82) is 0 Å². The Kier molecular flexibility index (Phi) is 35.0. The molecule has 0 aliphatic carbocycles. The summed E-state index contributed by atoms with van der Waals surface area (Å²) in [6.45, 7) is 4.12. The molecule has 0 saturated carbocycles. The van der Waals surface area contributed by atoms with Crippen LogP contribution in [0.25, 0.3) is 0 Å². The summed E-state index contributed by atoms with van der Waals surface area (Å²) < 4.78 is 0. The van der Waals surface area contributed by atoms with E-state index < -0.39 is 12.1 Å². The largest absolute Gasteiger partial charge is 0.394 e. The molecule has 1 amide bonds. The highest BCUT2D eigenvalue weighted by Crippen LogP contribution is 2.14. The second-order valence-electron chi connectivity index (χ2n) is 12.6. The van der Waals surface area contributed by atoms with Gasteiger partial charge >= 0.3 is 0 Å². The molecule has 0 aromatic carbocycles. The van der Waals surface area contributed by atoms with Gasteiger partial charge in [0.1, 0.15) is 0 Å². The van der Waals surface area contributed by atoms with Crippen LogP contribution >= 0.6 is 0 Å².